The molecule has 4 nitrogen and oxygen atoms in total. The summed E-state index contributed by atoms with van der Waals surface area (Å²) in [6.45, 7) is 1.78. The summed E-state index contributed by atoms with van der Waals surface area (Å²) < 4.78 is 37.8. The SMILES string of the molecule is Cc1cc(Cl)ccc1NC(=O)C1(C(=O)Nc2ccc(C(F)(F)F)cc2)CC1. The maximum atomic E-state index is 12.6. The summed E-state index contributed by atoms with van der Waals surface area (Å²) in [6.07, 6.45) is -3.70. The molecule has 3 rings (SSSR count). The highest BCUT2D eigenvalue weighted by Crippen LogP contribution is 2.47. The molecule has 142 valence electrons. The maximum Gasteiger partial charge on any atom is 0.416 e. The van der Waals surface area contributed by atoms with Gasteiger partial charge in [0.2, 0.25) is 11.8 Å². The molecule has 27 heavy (non-hydrogen) atoms. The average molecular weight is 397 g/mol. The van der Waals surface area contributed by atoms with Crippen molar-refractivity contribution in [3.8, 4) is 0 Å². The summed E-state index contributed by atoms with van der Waals surface area (Å²) in [6, 6.07) is 9.07. The van der Waals surface area contributed by atoms with Crippen molar-refractivity contribution >= 4 is 34.8 Å². The zero-order valence-corrected chi connectivity index (χ0v) is 15.0. The van der Waals surface area contributed by atoms with Crippen LogP contribution in [0, 0.1) is 12.3 Å². The first-order valence-corrected chi connectivity index (χ1v) is 8.56. The van der Waals surface area contributed by atoms with Gasteiger partial charge in [-0.2, -0.15) is 13.2 Å². The van der Waals surface area contributed by atoms with Crippen LogP contribution in [0.3, 0.4) is 0 Å². The fourth-order valence-corrected chi connectivity index (χ4v) is 2.91. The Morgan fingerprint density at radius 1 is 1.00 bits per heavy atom. The number of nitrogens with one attached hydrogen (secondary N) is 2. The Morgan fingerprint density at radius 2 is 1.59 bits per heavy atom. The second-order valence-electron chi connectivity index (χ2n) is 6.52. The van der Waals surface area contributed by atoms with Gasteiger partial charge in [0.15, 0.2) is 0 Å². The molecule has 1 aliphatic carbocycles. The van der Waals surface area contributed by atoms with Crippen molar-refractivity contribution in [1.82, 2.24) is 0 Å². The zero-order chi connectivity index (χ0) is 19.8. The van der Waals surface area contributed by atoms with Crippen LogP contribution in [-0.2, 0) is 15.8 Å². The summed E-state index contributed by atoms with van der Waals surface area (Å²) in [5, 5.41) is 5.79. The van der Waals surface area contributed by atoms with E-state index in [2.05, 4.69) is 10.6 Å². The van der Waals surface area contributed by atoms with Crippen molar-refractivity contribution in [2.24, 2.45) is 5.41 Å². The molecule has 1 saturated carbocycles. The minimum Gasteiger partial charge on any atom is -0.325 e. The van der Waals surface area contributed by atoms with Crippen molar-refractivity contribution in [2.45, 2.75) is 25.9 Å². The number of halogens is 4. The molecule has 8 heteroatoms. The molecule has 2 aromatic carbocycles. The first kappa shape index (κ1) is 19.2. The number of hydrogen-bond donors (Lipinski definition) is 2. The van der Waals surface area contributed by atoms with Gasteiger partial charge in [-0.3, -0.25) is 9.59 Å². The second kappa shape index (κ2) is 6.88. The van der Waals surface area contributed by atoms with E-state index < -0.39 is 29.0 Å². The topological polar surface area (TPSA) is 58.2 Å². The quantitative estimate of drug-likeness (QED) is 0.712. The smallest absolute Gasteiger partial charge is 0.325 e. The first-order valence-electron chi connectivity index (χ1n) is 8.18. The molecule has 1 aliphatic rings. The summed E-state index contributed by atoms with van der Waals surface area (Å²) >= 11 is 5.89. The molecular formula is C19H16ClF3N2O2. The predicted octanol–water partition coefficient (Wildman–Crippen LogP) is 5.02. The van der Waals surface area contributed by atoms with Crippen molar-refractivity contribution in [2.75, 3.05) is 10.6 Å². The monoisotopic (exact) mass is 396 g/mol. The van der Waals surface area contributed by atoms with Crippen LogP contribution >= 0.6 is 11.6 Å². The van der Waals surface area contributed by atoms with Gasteiger partial charge in [0.05, 0.1) is 5.56 Å². The third-order valence-corrected chi connectivity index (χ3v) is 4.76. The van der Waals surface area contributed by atoms with Crippen molar-refractivity contribution in [3.63, 3.8) is 0 Å². The van der Waals surface area contributed by atoms with E-state index in [9.17, 15) is 22.8 Å². The Morgan fingerprint density at radius 3 is 2.11 bits per heavy atom. The standard InChI is InChI=1S/C19H16ClF3N2O2/c1-11-10-13(20)4-7-15(11)25-17(27)18(8-9-18)16(26)24-14-5-2-12(3-6-14)19(21,22)23/h2-7,10H,8-9H2,1H3,(H,24,26)(H,25,27). The van der Waals surface area contributed by atoms with E-state index >= 15 is 0 Å². The third-order valence-electron chi connectivity index (χ3n) is 4.53. The van der Waals surface area contributed by atoms with Crippen LogP contribution in [-0.4, -0.2) is 11.8 Å². The minimum atomic E-state index is -4.45. The van der Waals surface area contributed by atoms with Gasteiger partial charge in [0.25, 0.3) is 0 Å². The molecule has 0 heterocycles. The van der Waals surface area contributed by atoms with E-state index in [0.717, 1.165) is 29.8 Å². The number of amides is 2. The minimum absolute atomic E-state index is 0.203. The summed E-state index contributed by atoms with van der Waals surface area (Å²) in [5.74, 6) is -0.983. The maximum absolute atomic E-state index is 12.6. The van der Waals surface area contributed by atoms with E-state index in [1.807, 2.05) is 0 Å². The summed E-state index contributed by atoms with van der Waals surface area (Å²) in [7, 11) is 0. The fraction of sp³-hybridized carbons (Fsp3) is 0.263. The lowest BCUT2D eigenvalue weighted by molar-refractivity contribution is -0.137. The fourth-order valence-electron chi connectivity index (χ4n) is 2.68. The number of benzene rings is 2. The molecule has 0 aromatic heterocycles. The van der Waals surface area contributed by atoms with E-state index in [-0.39, 0.29) is 5.69 Å². The summed E-state index contributed by atoms with van der Waals surface area (Å²) in [4.78, 5) is 25.1. The van der Waals surface area contributed by atoms with Gasteiger partial charge in [-0.05, 0) is 67.8 Å². The number of carbonyl (C=O) groups is 2. The molecule has 1 fully saturated rings. The first-order chi connectivity index (χ1) is 12.6. The van der Waals surface area contributed by atoms with E-state index in [1.165, 1.54) is 0 Å². The molecule has 0 bridgehead atoms. The number of aryl methyl sites for hydroxylation is 1. The van der Waals surface area contributed by atoms with E-state index in [4.69, 9.17) is 11.6 Å². The Hall–Kier alpha value is -2.54. The zero-order valence-electron chi connectivity index (χ0n) is 14.3. The molecule has 0 atom stereocenters. The molecule has 0 aliphatic heterocycles. The molecule has 0 unspecified atom stereocenters. The van der Waals surface area contributed by atoms with Crippen LogP contribution < -0.4 is 10.6 Å². The van der Waals surface area contributed by atoms with Crippen molar-refractivity contribution in [3.05, 3.63) is 58.6 Å². The highest BCUT2D eigenvalue weighted by molar-refractivity contribution is 6.30. The van der Waals surface area contributed by atoms with Gasteiger partial charge in [-0.15, -0.1) is 0 Å². The van der Waals surface area contributed by atoms with Crippen LogP contribution in [0.2, 0.25) is 5.02 Å². The molecule has 0 radical (unpaired) electrons. The van der Waals surface area contributed by atoms with Gasteiger partial charge in [0, 0.05) is 16.4 Å². The lowest BCUT2D eigenvalue weighted by atomic mass is 10.0. The Balaban J connectivity index is 1.69. The van der Waals surface area contributed by atoms with Crippen LogP contribution in [0.4, 0.5) is 24.5 Å². The lowest BCUT2D eigenvalue weighted by Crippen LogP contribution is -2.35. The van der Waals surface area contributed by atoms with Crippen LogP contribution in [0.5, 0.6) is 0 Å². The van der Waals surface area contributed by atoms with Crippen molar-refractivity contribution < 1.29 is 22.8 Å². The summed E-state index contributed by atoms with van der Waals surface area (Å²) in [5.41, 5.74) is -0.505. The number of anilines is 2. The normalized spacial score (nSPS) is 15.1. The number of hydrogen-bond acceptors (Lipinski definition) is 2. The highest BCUT2D eigenvalue weighted by Gasteiger charge is 2.56. The van der Waals surface area contributed by atoms with Crippen LogP contribution in [0.25, 0.3) is 0 Å². The lowest BCUT2D eigenvalue weighted by Gasteiger charge is -2.17. The van der Waals surface area contributed by atoms with Crippen LogP contribution in [0.15, 0.2) is 42.5 Å². The largest absolute Gasteiger partial charge is 0.416 e. The number of rotatable bonds is 4. The molecule has 2 N–H and O–H groups in total. The second-order valence-corrected chi connectivity index (χ2v) is 6.96. The third kappa shape index (κ3) is 4.08. The molecular weight excluding hydrogens is 381 g/mol. The van der Waals surface area contributed by atoms with E-state index in [1.54, 1.807) is 25.1 Å². The number of alkyl halides is 3. The van der Waals surface area contributed by atoms with Gasteiger partial charge < -0.3 is 10.6 Å². The molecule has 2 amide bonds. The van der Waals surface area contributed by atoms with E-state index in [0.29, 0.717) is 23.6 Å². The van der Waals surface area contributed by atoms with Crippen molar-refractivity contribution in [1.29, 1.82) is 0 Å². The Bertz CT molecular complexity index is 891. The van der Waals surface area contributed by atoms with Gasteiger partial charge in [-0.1, -0.05) is 11.6 Å². The Kier molecular flexibility index (Phi) is 4.90. The van der Waals surface area contributed by atoms with Gasteiger partial charge >= 0.3 is 6.18 Å². The van der Waals surface area contributed by atoms with Crippen LogP contribution in [0.1, 0.15) is 24.0 Å². The van der Waals surface area contributed by atoms with Gasteiger partial charge in [0.1, 0.15) is 5.41 Å². The number of carbonyl (C=O) groups excluding carboxylic acids is 2. The molecule has 0 spiro atoms. The average Bonchev–Trinajstić information content (AvgIpc) is 3.39. The van der Waals surface area contributed by atoms with Gasteiger partial charge in [-0.25, -0.2) is 0 Å². The highest BCUT2D eigenvalue weighted by atomic mass is 35.5. The molecule has 0 saturated heterocycles. The molecule has 2 aromatic rings. The Labute approximate surface area is 158 Å². The predicted molar refractivity (Wildman–Crippen MR) is 96.6 cm³/mol.